The lowest BCUT2D eigenvalue weighted by atomic mass is 10.1. The molecule has 3 aromatic rings. The summed E-state index contributed by atoms with van der Waals surface area (Å²) in [5, 5.41) is 0.851. The zero-order valence-corrected chi connectivity index (χ0v) is 19.7. The Hall–Kier alpha value is -2.48. The maximum Gasteiger partial charge on any atom is 0.290 e. The highest BCUT2D eigenvalue weighted by atomic mass is 35.5. The van der Waals surface area contributed by atoms with Gasteiger partial charge < -0.3 is 9.64 Å². The molecule has 0 amide bonds. The first kappa shape index (κ1) is 22.7. The second-order valence-electron chi connectivity index (χ2n) is 7.83. The van der Waals surface area contributed by atoms with Crippen LogP contribution in [0.25, 0.3) is 5.69 Å². The lowest BCUT2D eigenvalue weighted by Crippen LogP contribution is -2.47. The van der Waals surface area contributed by atoms with E-state index < -0.39 is 0 Å². The number of anilines is 1. The van der Waals surface area contributed by atoms with Crippen LogP contribution < -0.4 is 15.2 Å². The van der Waals surface area contributed by atoms with Gasteiger partial charge in [-0.15, -0.1) is 0 Å². The first-order valence-electron chi connectivity index (χ1n) is 10.4. The van der Waals surface area contributed by atoms with E-state index in [0.717, 1.165) is 43.3 Å². The van der Waals surface area contributed by atoms with Crippen LogP contribution in [0.3, 0.4) is 0 Å². The monoisotopic (exact) mass is 478 g/mol. The number of hydrogen-bond acceptors (Lipinski definition) is 4. The van der Waals surface area contributed by atoms with Gasteiger partial charge in [-0.1, -0.05) is 23.2 Å². The summed E-state index contributed by atoms with van der Waals surface area (Å²) in [5.74, 6) is 0.433. The lowest BCUT2D eigenvalue weighted by molar-refractivity contribution is 0.190. The molecule has 0 N–H and O–H groups in total. The molecule has 1 saturated heterocycles. The molecule has 32 heavy (non-hydrogen) atoms. The number of hydrogen-bond donors (Lipinski definition) is 0. The largest absolute Gasteiger partial charge is 0.495 e. The minimum atomic E-state index is -0.357. The van der Waals surface area contributed by atoms with Gasteiger partial charge in [0.05, 0.1) is 30.2 Å². The van der Waals surface area contributed by atoms with Crippen LogP contribution in [0, 0.1) is 5.82 Å². The summed E-state index contributed by atoms with van der Waals surface area (Å²) >= 11 is 12.7. The van der Waals surface area contributed by atoms with E-state index in [0.29, 0.717) is 10.7 Å². The lowest BCUT2D eigenvalue weighted by Gasteiger charge is -2.39. The first-order valence-corrected chi connectivity index (χ1v) is 11.1. The van der Waals surface area contributed by atoms with Gasteiger partial charge in [-0.3, -0.25) is 14.4 Å². The fourth-order valence-electron chi connectivity index (χ4n) is 4.35. The van der Waals surface area contributed by atoms with E-state index >= 15 is 0 Å². The molecule has 170 valence electrons. The van der Waals surface area contributed by atoms with E-state index in [1.165, 1.54) is 16.8 Å². The highest BCUT2D eigenvalue weighted by molar-refractivity contribution is 6.31. The maximum absolute atomic E-state index is 13.3. The van der Waals surface area contributed by atoms with Gasteiger partial charge in [0.2, 0.25) is 0 Å². The van der Waals surface area contributed by atoms with Crippen molar-refractivity contribution in [2.75, 3.05) is 38.2 Å². The van der Waals surface area contributed by atoms with E-state index in [-0.39, 0.29) is 22.4 Å². The summed E-state index contributed by atoms with van der Waals surface area (Å²) in [4.78, 5) is 17.4. The fraction of sp³-hybridized carbons (Fsp3) is 0.348. The molecular formula is C23H25Cl2FN4O2. The van der Waals surface area contributed by atoms with E-state index in [1.54, 1.807) is 31.0 Å². The number of nitrogens with zero attached hydrogens (tertiary/aromatic N) is 4. The highest BCUT2D eigenvalue weighted by Crippen LogP contribution is 2.33. The number of halogens is 3. The standard InChI is InChI=1S/C23H25Cl2FN4O2/c1-15(22-21(25)23(31)30(27(22)2)18-7-5-17(26)6-8-18)28-10-12-29(13-11-28)19-14-16(24)4-9-20(19)32-3/h4-9,14-15H,10-13H2,1-3H3. The second kappa shape index (κ2) is 9.17. The zero-order valence-electron chi connectivity index (χ0n) is 18.2. The molecule has 1 unspecified atom stereocenters. The molecule has 1 fully saturated rings. The Kier molecular flexibility index (Phi) is 6.51. The molecule has 1 aliphatic rings. The van der Waals surface area contributed by atoms with Crippen LogP contribution >= 0.6 is 23.2 Å². The molecule has 0 aliphatic carbocycles. The molecule has 1 aromatic heterocycles. The Labute approximate surface area is 196 Å². The van der Waals surface area contributed by atoms with Gasteiger partial charge in [0.25, 0.3) is 5.56 Å². The molecule has 2 aromatic carbocycles. The van der Waals surface area contributed by atoms with Gasteiger partial charge in [0.15, 0.2) is 0 Å². The molecule has 1 aliphatic heterocycles. The van der Waals surface area contributed by atoms with Crippen molar-refractivity contribution >= 4 is 28.9 Å². The zero-order chi connectivity index (χ0) is 23.0. The number of ether oxygens (including phenoxy) is 1. The summed E-state index contributed by atoms with van der Waals surface area (Å²) in [5.41, 5.74) is 1.96. The number of piperazine rings is 1. The van der Waals surface area contributed by atoms with Crippen LogP contribution in [0.15, 0.2) is 47.3 Å². The normalized spacial score (nSPS) is 15.8. The number of methoxy groups -OCH3 is 1. The Morgan fingerprint density at radius 2 is 1.69 bits per heavy atom. The molecular weight excluding hydrogens is 454 g/mol. The average molecular weight is 479 g/mol. The molecule has 0 bridgehead atoms. The molecule has 0 radical (unpaired) electrons. The van der Waals surface area contributed by atoms with Crippen molar-refractivity contribution in [3.8, 4) is 11.4 Å². The van der Waals surface area contributed by atoms with Crippen LogP contribution in [-0.2, 0) is 7.05 Å². The maximum atomic E-state index is 13.3. The molecule has 2 heterocycles. The summed E-state index contributed by atoms with van der Waals surface area (Å²) < 4.78 is 22.1. The smallest absolute Gasteiger partial charge is 0.290 e. The Morgan fingerprint density at radius 1 is 1.03 bits per heavy atom. The van der Waals surface area contributed by atoms with Crippen LogP contribution in [0.1, 0.15) is 18.7 Å². The van der Waals surface area contributed by atoms with E-state index in [2.05, 4.69) is 9.80 Å². The third-order valence-electron chi connectivity index (χ3n) is 6.06. The fourth-order valence-corrected chi connectivity index (χ4v) is 4.88. The SMILES string of the molecule is COc1ccc(Cl)cc1N1CCN(C(C)c2c(Cl)c(=O)n(-c3ccc(F)cc3)n2C)CC1. The van der Waals surface area contributed by atoms with Crippen molar-refractivity contribution in [1.82, 2.24) is 14.3 Å². The average Bonchev–Trinajstić information content (AvgIpc) is 3.02. The van der Waals surface area contributed by atoms with Gasteiger partial charge in [-0.25, -0.2) is 9.07 Å². The molecule has 4 rings (SSSR count). The summed E-state index contributed by atoms with van der Waals surface area (Å²) in [6.45, 7) is 5.17. The van der Waals surface area contributed by atoms with Crippen molar-refractivity contribution in [3.63, 3.8) is 0 Å². The molecule has 6 nitrogen and oxygen atoms in total. The van der Waals surface area contributed by atoms with Crippen molar-refractivity contribution in [2.45, 2.75) is 13.0 Å². The third kappa shape index (κ3) is 4.12. The van der Waals surface area contributed by atoms with E-state index in [9.17, 15) is 9.18 Å². The van der Waals surface area contributed by atoms with Gasteiger partial charge >= 0.3 is 0 Å². The molecule has 0 saturated carbocycles. The van der Waals surface area contributed by atoms with Crippen molar-refractivity contribution in [3.05, 3.63) is 74.4 Å². The van der Waals surface area contributed by atoms with Gasteiger partial charge in [-0.2, -0.15) is 0 Å². The quantitative estimate of drug-likeness (QED) is 0.540. The third-order valence-corrected chi connectivity index (χ3v) is 6.65. The van der Waals surface area contributed by atoms with Crippen molar-refractivity contribution in [2.24, 2.45) is 7.05 Å². The Balaban J connectivity index is 1.56. The summed E-state index contributed by atoms with van der Waals surface area (Å²) in [6, 6.07) is 11.3. The van der Waals surface area contributed by atoms with E-state index in [4.69, 9.17) is 27.9 Å². The summed E-state index contributed by atoms with van der Waals surface area (Å²) in [7, 11) is 3.45. The second-order valence-corrected chi connectivity index (χ2v) is 8.65. The predicted octanol–water partition coefficient (Wildman–Crippen LogP) is 4.51. The van der Waals surface area contributed by atoms with E-state index in [1.807, 2.05) is 25.1 Å². The minimum absolute atomic E-state index is 0.0784. The van der Waals surface area contributed by atoms with Gasteiger partial charge in [-0.05, 0) is 49.4 Å². The minimum Gasteiger partial charge on any atom is -0.495 e. The van der Waals surface area contributed by atoms with Gasteiger partial charge in [0.1, 0.15) is 16.6 Å². The van der Waals surface area contributed by atoms with Crippen LogP contribution in [0.4, 0.5) is 10.1 Å². The van der Waals surface area contributed by atoms with Crippen LogP contribution in [0.5, 0.6) is 5.75 Å². The van der Waals surface area contributed by atoms with Crippen LogP contribution in [-0.4, -0.2) is 47.6 Å². The van der Waals surface area contributed by atoms with Crippen LogP contribution in [0.2, 0.25) is 10.0 Å². The van der Waals surface area contributed by atoms with Gasteiger partial charge in [0, 0.05) is 38.2 Å². The number of rotatable bonds is 5. The topological polar surface area (TPSA) is 42.6 Å². The van der Waals surface area contributed by atoms with Crippen molar-refractivity contribution in [1.29, 1.82) is 0 Å². The number of aromatic nitrogens is 2. The summed E-state index contributed by atoms with van der Waals surface area (Å²) in [6.07, 6.45) is 0. The Bertz CT molecular complexity index is 1170. The first-order chi connectivity index (χ1) is 15.3. The Morgan fingerprint density at radius 3 is 2.31 bits per heavy atom. The molecule has 9 heteroatoms. The predicted molar refractivity (Wildman–Crippen MR) is 126 cm³/mol. The molecule has 1 atom stereocenters. The molecule has 0 spiro atoms. The number of benzene rings is 2. The van der Waals surface area contributed by atoms with Crippen molar-refractivity contribution < 1.29 is 9.13 Å². The highest BCUT2D eigenvalue weighted by Gasteiger charge is 2.29.